The number of nitrogens with one attached hydrogen (secondary N) is 1. The Morgan fingerprint density at radius 3 is 2.65 bits per heavy atom. The summed E-state index contributed by atoms with van der Waals surface area (Å²) in [6, 6.07) is 5.60. The summed E-state index contributed by atoms with van der Waals surface area (Å²) in [5, 5.41) is 3.78. The highest BCUT2D eigenvalue weighted by Crippen LogP contribution is 2.30. The van der Waals surface area contributed by atoms with Gasteiger partial charge < -0.3 is 5.32 Å². The topological polar surface area (TPSA) is 29.1 Å². The third-order valence-corrected chi connectivity index (χ3v) is 4.79. The molecule has 20 heavy (non-hydrogen) atoms. The summed E-state index contributed by atoms with van der Waals surface area (Å²) < 4.78 is 0.833. The zero-order valence-electron chi connectivity index (χ0n) is 12.0. The van der Waals surface area contributed by atoms with Crippen LogP contribution in [0.15, 0.2) is 22.7 Å². The van der Waals surface area contributed by atoms with Crippen molar-refractivity contribution in [3.8, 4) is 0 Å². The molecule has 1 aliphatic carbocycles. The molecule has 0 saturated heterocycles. The molecular formula is C16H21BrClNO. The Labute approximate surface area is 134 Å². The van der Waals surface area contributed by atoms with Crippen molar-refractivity contribution in [2.24, 2.45) is 11.8 Å². The van der Waals surface area contributed by atoms with Gasteiger partial charge >= 0.3 is 0 Å². The lowest BCUT2D eigenvalue weighted by Gasteiger charge is -2.34. The molecule has 1 saturated carbocycles. The standard InChI is InChI=1S/C16H21BrClNO/c1-10(2)14-5-3-4-6-15(14)19-16(20)11-7-12(17)9-13(18)8-11/h7-10,14-15H,3-6H2,1-2H3,(H,19,20). The van der Waals surface area contributed by atoms with Crippen LogP contribution in [0, 0.1) is 11.8 Å². The smallest absolute Gasteiger partial charge is 0.251 e. The molecule has 1 fully saturated rings. The van der Waals surface area contributed by atoms with E-state index in [0.29, 0.717) is 22.4 Å². The van der Waals surface area contributed by atoms with Gasteiger partial charge in [0.15, 0.2) is 0 Å². The van der Waals surface area contributed by atoms with E-state index in [1.165, 1.54) is 19.3 Å². The molecule has 1 aliphatic rings. The van der Waals surface area contributed by atoms with Gasteiger partial charge in [0.1, 0.15) is 0 Å². The summed E-state index contributed by atoms with van der Waals surface area (Å²) >= 11 is 9.38. The van der Waals surface area contributed by atoms with Gasteiger partial charge in [-0.15, -0.1) is 0 Å². The Balaban J connectivity index is 2.09. The van der Waals surface area contributed by atoms with E-state index in [9.17, 15) is 4.79 Å². The molecule has 1 amide bonds. The van der Waals surface area contributed by atoms with E-state index >= 15 is 0 Å². The summed E-state index contributed by atoms with van der Waals surface area (Å²) in [5.41, 5.74) is 0.623. The van der Waals surface area contributed by atoms with Crippen molar-refractivity contribution < 1.29 is 4.79 Å². The van der Waals surface area contributed by atoms with Gasteiger partial charge in [0, 0.05) is 21.1 Å². The molecule has 1 aromatic carbocycles. The second-order valence-corrected chi connectivity index (χ2v) is 7.28. The Hall–Kier alpha value is -0.540. The fourth-order valence-corrected chi connectivity index (χ4v) is 3.93. The Bertz CT molecular complexity index is 469. The highest BCUT2D eigenvalue weighted by atomic mass is 79.9. The van der Waals surface area contributed by atoms with E-state index in [0.717, 1.165) is 10.9 Å². The zero-order valence-corrected chi connectivity index (χ0v) is 14.3. The lowest BCUT2D eigenvalue weighted by molar-refractivity contribution is 0.0889. The third-order valence-electron chi connectivity index (χ3n) is 4.12. The molecule has 2 atom stereocenters. The molecule has 2 nitrogen and oxygen atoms in total. The van der Waals surface area contributed by atoms with Crippen LogP contribution in [-0.2, 0) is 0 Å². The molecule has 0 heterocycles. The van der Waals surface area contributed by atoms with Crippen molar-refractivity contribution in [3.05, 3.63) is 33.3 Å². The highest BCUT2D eigenvalue weighted by Gasteiger charge is 2.28. The summed E-state index contributed by atoms with van der Waals surface area (Å²) in [7, 11) is 0. The molecule has 0 radical (unpaired) electrons. The average molecular weight is 359 g/mol. The monoisotopic (exact) mass is 357 g/mol. The van der Waals surface area contributed by atoms with Crippen molar-refractivity contribution >= 4 is 33.4 Å². The van der Waals surface area contributed by atoms with E-state index in [1.54, 1.807) is 12.1 Å². The van der Waals surface area contributed by atoms with Crippen LogP contribution in [0.2, 0.25) is 5.02 Å². The van der Waals surface area contributed by atoms with Crippen LogP contribution in [0.4, 0.5) is 0 Å². The largest absolute Gasteiger partial charge is 0.349 e. The first-order valence-corrected chi connectivity index (χ1v) is 8.41. The number of carbonyl (C=O) groups is 1. The maximum absolute atomic E-state index is 12.4. The first-order chi connectivity index (χ1) is 9.47. The minimum Gasteiger partial charge on any atom is -0.349 e. The third kappa shape index (κ3) is 3.98. The zero-order chi connectivity index (χ0) is 14.7. The lowest BCUT2D eigenvalue weighted by atomic mass is 9.78. The van der Waals surface area contributed by atoms with Crippen LogP contribution in [0.3, 0.4) is 0 Å². The van der Waals surface area contributed by atoms with Crippen LogP contribution < -0.4 is 5.32 Å². The second kappa shape index (κ2) is 6.95. The predicted octanol–water partition coefficient (Wildman–Crippen LogP) is 5.05. The second-order valence-electron chi connectivity index (χ2n) is 5.93. The van der Waals surface area contributed by atoms with Crippen molar-refractivity contribution in [1.29, 1.82) is 0 Å². The van der Waals surface area contributed by atoms with E-state index < -0.39 is 0 Å². The molecule has 0 aliphatic heterocycles. The van der Waals surface area contributed by atoms with Gasteiger partial charge in [0.05, 0.1) is 0 Å². The van der Waals surface area contributed by atoms with Gasteiger partial charge in [-0.2, -0.15) is 0 Å². The van der Waals surface area contributed by atoms with Crippen LogP contribution in [-0.4, -0.2) is 11.9 Å². The average Bonchev–Trinajstić information content (AvgIpc) is 2.37. The Morgan fingerprint density at radius 1 is 1.30 bits per heavy atom. The first-order valence-electron chi connectivity index (χ1n) is 7.24. The van der Waals surface area contributed by atoms with Crippen LogP contribution in [0.1, 0.15) is 49.9 Å². The fourth-order valence-electron chi connectivity index (χ4n) is 3.07. The summed E-state index contributed by atoms with van der Waals surface area (Å²) in [6.45, 7) is 4.48. The summed E-state index contributed by atoms with van der Waals surface area (Å²) in [4.78, 5) is 12.4. The molecule has 4 heteroatoms. The molecule has 110 valence electrons. The van der Waals surface area contributed by atoms with Crippen LogP contribution in [0.25, 0.3) is 0 Å². The van der Waals surface area contributed by atoms with Crippen molar-refractivity contribution in [2.45, 2.75) is 45.6 Å². The van der Waals surface area contributed by atoms with E-state index in [-0.39, 0.29) is 11.9 Å². The van der Waals surface area contributed by atoms with Gasteiger partial charge in [-0.1, -0.05) is 54.2 Å². The van der Waals surface area contributed by atoms with Gasteiger partial charge in [-0.25, -0.2) is 0 Å². The molecule has 0 spiro atoms. The Kier molecular flexibility index (Phi) is 5.50. The number of amides is 1. The molecule has 0 bridgehead atoms. The van der Waals surface area contributed by atoms with E-state index in [2.05, 4.69) is 35.1 Å². The van der Waals surface area contributed by atoms with Gasteiger partial charge in [-0.05, 0) is 42.9 Å². The number of benzene rings is 1. The molecule has 0 aromatic heterocycles. The summed E-state index contributed by atoms with van der Waals surface area (Å²) in [6.07, 6.45) is 4.77. The van der Waals surface area contributed by atoms with Crippen molar-refractivity contribution in [3.63, 3.8) is 0 Å². The minimum atomic E-state index is -0.0225. The number of rotatable bonds is 3. The van der Waals surface area contributed by atoms with E-state index in [1.807, 2.05) is 6.07 Å². The summed E-state index contributed by atoms with van der Waals surface area (Å²) in [5.74, 6) is 1.16. The van der Waals surface area contributed by atoms with Crippen LogP contribution in [0.5, 0.6) is 0 Å². The van der Waals surface area contributed by atoms with Gasteiger partial charge in [0.25, 0.3) is 5.91 Å². The Morgan fingerprint density at radius 2 is 2.00 bits per heavy atom. The van der Waals surface area contributed by atoms with Gasteiger partial charge in [-0.3, -0.25) is 4.79 Å². The van der Waals surface area contributed by atoms with Crippen molar-refractivity contribution in [1.82, 2.24) is 5.32 Å². The lowest BCUT2D eigenvalue weighted by Crippen LogP contribution is -2.43. The SMILES string of the molecule is CC(C)C1CCCCC1NC(=O)c1cc(Cl)cc(Br)c1. The van der Waals surface area contributed by atoms with Crippen LogP contribution >= 0.6 is 27.5 Å². The molecule has 1 aromatic rings. The molecule has 1 N–H and O–H groups in total. The number of halogens is 2. The molecule has 2 unspecified atom stereocenters. The maximum atomic E-state index is 12.4. The van der Waals surface area contributed by atoms with Crippen molar-refractivity contribution in [2.75, 3.05) is 0 Å². The molecular weight excluding hydrogens is 338 g/mol. The molecule has 2 rings (SSSR count). The van der Waals surface area contributed by atoms with E-state index in [4.69, 9.17) is 11.6 Å². The van der Waals surface area contributed by atoms with Gasteiger partial charge in [0.2, 0.25) is 0 Å². The number of hydrogen-bond donors (Lipinski definition) is 1. The quantitative estimate of drug-likeness (QED) is 0.805. The number of carbonyl (C=O) groups excluding carboxylic acids is 1. The highest BCUT2D eigenvalue weighted by molar-refractivity contribution is 9.10. The fraction of sp³-hybridized carbons (Fsp3) is 0.562. The number of hydrogen-bond acceptors (Lipinski definition) is 1. The predicted molar refractivity (Wildman–Crippen MR) is 87.2 cm³/mol. The normalized spacial score (nSPS) is 22.9. The maximum Gasteiger partial charge on any atom is 0.251 e. The first kappa shape index (κ1) is 15.8. The minimum absolute atomic E-state index is 0.0225.